The van der Waals surface area contributed by atoms with Crippen molar-refractivity contribution in [2.45, 2.75) is 6.54 Å². The van der Waals surface area contributed by atoms with Crippen molar-refractivity contribution in [2.24, 2.45) is 0 Å². The van der Waals surface area contributed by atoms with Crippen LogP contribution >= 0.6 is 0 Å². The van der Waals surface area contributed by atoms with Gasteiger partial charge >= 0.3 is 5.69 Å². The molecule has 0 atom stereocenters. The number of halogens is 1. The smallest absolute Gasteiger partial charge is 0.314 e. The molecule has 1 N–H and O–H groups in total. The SMILES string of the molecule is CNCc1cccc(Oc2ccc(F)cc2[N+](=O)[O-])c1. The Morgan fingerprint density at radius 2 is 2.10 bits per heavy atom. The number of ether oxygens (including phenoxy) is 1. The van der Waals surface area contributed by atoms with Crippen LogP contribution in [0.5, 0.6) is 11.5 Å². The van der Waals surface area contributed by atoms with E-state index in [0.717, 1.165) is 17.7 Å². The first-order chi connectivity index (χ1) is 9.60. The lowest BCUT2D eigenvalue weighted by atomic mass is 10.2. The van der Waals surface area contributed by atoms with Crippen molar-refractivity contribution in [3.8, 4) is 11.5 Å². The highest BCUT2D eigenvalue weighted by atomic mass is 19.1. The van der Waals surface area contributed by atoms with Crippen molar-refractivity contribution >= 4 is 5.69 Å². The Hall–Kier alpha value is -2.47. The summed E-state index contributed by atoms with van der Waals surface area (Å²) in [6.07, 6.45) is 0. The van der Waals surface area contributed by atoms with Gasteiger partial charge in [0.25, 0.3) is 0 Å². The van der Waals surface area contributed by atoms with Crippen LogP contribution in [0.4, 0.5) is 10.1 Å². The summed E-state index contributed by atoms with van der Waals surface area (Å²) < 4.78 is 18.5. The van der Waals surface area contributed by atoms with E-state index in [1.807, 2.05) is 13.1 Å². The van der Waals surface area contributed by atoms with Gasteiger partial charge in [-0.05, 0) is 36.9 Å². The zero-order valence-corrected chi connectivity index (χ0v) is 10.8. The standard InChI is InChI=1S/C14H13FN2O3/c1-16-9-10-3-2-4-12(7-10)20-14-6-5-11(15)8-13(14)17(18)19/h2-8,16H,9H2,1H3. The van der Waals surface area contributed by atoms with Gasteiger partial charge in [-0.3, -0.25) is 10.1 Å². The largest absolute Gasteiger partial charge is 0.450 e. The fourth-order valence-electron chi connectivity index (χ4n) is 1.77. The van der Waals surface area contributed by atoms with Crippen LogP contribution in [0.2, 0.25) is 0 Å². The molecule has 5 nitrogen and oxygen atoms in total. The molecule has 104 valence electrons. The van der Waals surface area contributed by atoms with Gasteiger partial charge in [0.15, 0.2) is 0 Å². The molecule has 0 aliphatic carbocycles. The van der Waals surface area contributed by atoms with Crippen molar-refractivity contribution in [1.82, 2.24) is 5.32 Å². The second kappa shape index (κ2) is 6.12. The summed E-state index contributed by atoms with van der Waals surface area (Å²) in [7, 11) is 1.82. The van der Waals surface area contributed by atoms with Crippen molar-refractivity contribution in [1.29, 1.82) is 0 Å². The molecule has 0 bridgehead atoms. The van der Waals surface area contributed by atoms with Crippen molar-refractivity contribution < 1.29 is 14.1 Å². The van der Waals surface area contributed by atoms with E-state index in [1.165, 1.54) is 6.07 Å². The average Bonchev–Trinajstić information content (AvgIpc) is 2.41. The van der Waals surface area contributed by atoms with Gasteiger partial charge in [0.05, 0.1) is 11.0 Å². The molecule has 0 unspecified atom stereocenters. The highest BCUT2D eigenvalue weighted by Crippen LogP contribution is 2.32. The monoisotopic (exact) mass is 276 g/mol. The number of rotatable bonds is 5. The molecule has 2 aromatic carbocycles. The Labute approximate surface area is 115 Å². The summed E-state index contributed by atoms with van der Waals surface area (Å²) >= 11 is 0. The number of benzene rings is 2. The van der Waals surface area contributed by atoms with Gasteiger partial charge in [-0.15, -0.1) is 0 Å². The summed E-state index contributed by atoms with van der Waals surface area (Å²) in [6.45, 7) is 0.655. The van der Waals surface area contributed by atoms with Crippen LogP contribution in [0.3, 0.4) is 0 Å². The van der Waals surface area contributed by atoms with Crippen molar-refractivity contribution in [3.63, 3.8) is 0 Å². The molecule has 0 fully saturated rings. The van der Waals surface area contributed by atoms with Gasteiger partial charge in [0.2, 0.25) is 5.75 Å². The van der Waals surface area contributed by atoms with E-state index in [4.69, 9.17) is 4.74 Å². The molecule has 0 spiro atoms. The number of hydrogen-bond acceptors (Lipinski definition) is 4. The fraction of sp³-hybridized carbons (Fsp3) is 0.143. The predicted molar refractivity (Wildman–Crippen MR) is 72.3 cm³/mol. The van der Waals surface area contributed by atoms with Gasteiger partial charge in [-0.2, -0.15) is 0 Å². The third-order valence-corrected chi connectivity index (χ3v) is 2.62. The van der Waals surface area contributed by atoms with Gasteiger partial charge in [0.1, 0.15) is 11.6 Å². The first-order valence-corrected chi connectivity index (χ1v) is 5.95. The first kappa shape index (κ1) is 14.0. The second-order valence-electron chi connectivity index (χ2n) is 4.15. The molecule has 0 saturated carbocycles. The molecular formula is C14H13FN2O3. The predicted octanol–water partition coefficient (Wildman–Crippen LogP) is 3.25. The lowest BCUT2D eigenvalue weighted by molar-refractivity contribution is -0.385. The Morgan fingerprint density at radius 3 is 2.80 bits per heavy atom. The number of nitrogens with one attached hydrogen (secondary N) is 1. The summed E-state index contributed by atoms with van der Waals surface area (Å²) in [4.78, 5) is 10.2. The summed E-state index contributed by atoms with van der Waals surface area (Å²) in [5.74, 6) is -0.196. The fourth-order valence-corrected chi connectivity index (χ4v) is 1.77. The summed E-state index contributed by atoms with van der Waals surface area (Å²) in [6, 6.07) is 10.4. The zero-order valence-electron chi connectivity index (χ0n) is 10.8. The molecule has 0 aromatic heterocycles. The maximum atomic E-state index is 13.0. The quantitative estimate of drug-likeness (QED) is 0.672. The Morgan fingerprint density at radius 1 is 1.30 bits per heavy atom. The highest BCUT2D eigenvalue weighted by Gasteiger charge is 2.17. The number of hydrogen-bond donors (Lipinski definition) is 1. The molecule has 0 amide bonds. The molecule has 0 heterocycles. The van der Waals surface area contributed by atoms with Crippen LogP contribution in [0.25, 0.3) is 0 Å². The maximum Gasteiger partial charge on any atom is 0.314 e. The van der Waals surface area contributed by atoms with Gasteiger partial charge < -0.3 is 10.1 Å². The molecule has 0 saturated heterocycles. The van der Waals surface area contributed by atoms with Crippen LogP contribution < -0.4 is 10.1 Å². The van der Waals surface area contributed by atoms with Crippen LogP contribution in [0.15, 0.2) is 42.5 Å². The Balaban J connectivity index is 2.30. The van der Waals surface area contributed by atoms with Gasteiger partial charge in [0, 0.05) is 6.54 Å². The van der Waals surface area contributed by atoms with Crippen LogP contribution in [-0.2, 0) is 6.54 Å². The molecule has 0 aliphatic heterocycles. The Bertz CT molecular complexity index is 632. The average molecular weight is 276 g/mol. The van der Waals surface area contributed by atoms with E-state index in [1.54, 1.807) is 18.2 Å². The molecule has 20 heavy (non-hydrogen) atoms. The topological polar surface area (TPSA) is 64.4 Å². The van der Waals surface area contributed by atoms with E-state index >= 15 is 0 Å². The molecule has 0 radical (unpaired) electrons. The van der Waals surface area contributed by atoms with Crippen LogP contribution in [-0.4, -0.2) is 12.0 Å². The minimum Gasteiger partial charge on any atom is -0.450 e. The highest BCUT2D eigenvalue weighted by molar-refractivity contribution is 5.48. The number of nitrogens with zero attached hydrogens (tertiary/aromatic N) is 1. The van der Waals surface area contributed by atoms with Crippen molar-refractivity contribution in [2.75, 3.05) is 7.05 Å². The van der Waals surface area contributed by atoms with Gasteiger partial charge in [-0.1, -0.05) is 12.1 Å². The van der Waals surface area contributed by atoms with Gasteiger partial charge in [-0.25, -0.2) is 4.39 Å². The molecule has 2 aromatic rings. The Kier molecular flexibility index (Phi) is 4.27. The zero-order chi connectivity index (χ0) is 14.5. The number of nitro groups is 1. The lowest BCUT2D eigenvalue weighted by Crippen LogP contribution is -2.04. The van der Waals surface area contributed by atoms with Crippen LogP contribution in [0.1, 0.15) is 5.56 Å². The van der Waals surface area contributed by atoms with E-state index in [0.29, 0.717) is 12.3 Å². The van der Waals surface area contributed by atoms with E-state index in [2.05, 4.69) is 5.32 Å². The minimum absolute atomic E-state index is 0.0120. The second-order valence-corrected chi connectivity index (χ2v) is 4.15. The number of nitro benzene ring substituents is 1. The summed E-state index contributed by atoms with van der Waals surface area (Å²) in [5.41, 5.74) is 0.582. The molecular weight excluding hydrogens is 263 g/mol. The normalized spacial score (nSPS) is 10.3. The van der Waals surface area contributed by atoms with Crippen LogP contribution in [0, 0.1) is 15.9 Å². The molecule has 2 rings (SSSR count). The third kappa shape index (κ3) is 3.30. The summed E-state index contributed by atoms with van der Waals surface area (Å²) in [5, 5.41) is 13.9. The van der Waals surface area contributed by atoms with E-state index in [9.17, 15) is 14.5 Å². The lowest BCUT2D eigenvalue weighted by Gasteiger charge is -2.08. The van der Waals surface area contributed by atoms with E-state index in [-0.39, 0.29) is 5.75 Å². The molecule has 6 heteroatoms. The van der Waals surface area contributed by atoms with E-state index < -0.39 is 16.4 Å². The minimum atomic E-state index is -0.673. The molecule has 0 aliphatic rings. The maximum absolute atomic E-state index is 13.0. The first-order valence-electron chi connectivity index (χ1n) is 5.95. The van der Waals surface area contributed by atoms with Crippen molar-refractivity contribution in [3.05, 3.63) is 64.0 Å². The third-order valence-electron chi connectivity index (χ3n) is 2.62.